The second kappa shape index (κ2) is 6.99. The van der Waals surface area contributed by atoms with Crippen molar-refractivity contribution in [2.24, 2.45) is 0 Å². The predicted octanol–water partition coefficient (Wildman–Crippen LogP) is 1.99. The van der Waals surface area contributed by atoms with Gasteiger partial charge < -0.3 is 23.9 Å². The number of hydrogen-bond acceptors (Lipinski definition) is 6. The fourth-order valence-corrected chi connectivity index (χ4v) is 3.42. The predicted molar refractivity (Wildman–Crippen MR) is 95.7 cm³/mol. The van der Waals surface area contributed by atoms with Crippen molar-refractivity contribution in [3.05, 3.63) is 33.7 Å². The molecule has 2 atom stereocenters. The van der Waals surface area contributed by atoms with Crippen LogP contribution in [0.25, 0.3) is 11.0 Å². The van der Waals surface area contributed by atoms with Gasteiger partial charge in [-0.2, -0.15) is 0 Å². The number of carbonyl (C=O) groups is 1. The van der Waals surface area contributed by atoms with Crippen LogP contribution in [0.2, 0.25) is 0 Å². The van der Waals surface area contributed by atoms with Gasteiger partial charge in [0.1, 0.15) is 5.58 Å². The van der Waals surface area contributed by atoms with E-state index >= 15 is 0 Å². The summed E-state index contributed by atoms with van der Waals surface area (Å²) in [5, 5.41) is 10.5. The topological polar surface area (TPSA) is 89.2 Å². The third-order valence-corrected chi connectivity index (χ3v) is 4.69. The number of nitrogens with zero attached hydrogens (tertiary/aromatic N) is 1. The molecule has 1 aliphatic rings. The summed E-state index contributed by atoms with van der Waals surface area (Å²) in [7, 11) is 1.44. The van der Waals surface area contributed by atoms with E-state index in [1.165, 1.54) is 13.2 Å². The quantitative estimate of drug-likeness (QED) is 0.841. The number of phenols is 1. The van der Waals surface area contributed by atoms with Gasteiger partial charge >= 0.3 is 5.63 Å². The van der Waals surface area contributed by atoms with E-state index in [1.54, 1.807) is 17.9 Å². The van der Waals surface area contributed by atoms with Crippen molar-refractivity contribution in [3.63, 3.8) is 0 Å². The number of ether oxygens (including phenoxy) is 2. The Labute approximate surface area is 151 Å². The van der Waals surface area contributed by atoms with Gasteiger partial charge in [0.05, 0.1) is 31.3 Å². The summed E-state index contributed by atoms with van der Waals surface area (Å²) < 4.78 is 16.1. The number of amides is 1. The van der Waals surface area contributed by atoms with Crippen molar-refractivity contribution in [2.75, 3.05) is 20.2 Å². The Balaban J connectivity index is 1.96. The molecular formula is C19H23NO6. The fourth-order valence-electron chi connectivity index (χ4n) is 3.42. The van der Waals surface area contributed by atoms with Gasteiger partial charge in [-0.15, -0.1) is 0 Å². The zero-order valence-corrected chi connectivity index (χ0v) is 15.4. The first-order valence-corrected chi connectivity index (χ1v) is 8.56. The molecule has 1 aromatic heterocycles. The average Bonchev–Trinajstić information content (AvgIpc) is 2.57. The highest BCUT2D eigenvalue weighted by Crippen LogP contribution is 2.32. The first-order chi connectivity index (χ1) is 12.3. The molecule has 0 spiro atoms. The van der Waals surface area contributed by atoms with E-state index in [9.17, 15) is 14.7 Å². The summed E-state index contributed by atoms with van der Waals surface area (Å²) in [6.45, 7) is 6.61. The molecule has 2 heterocycles. The largest absolute Gasteiger partial charge is 0.504 e. The number of aromatic hydroxyl groups is 1. The van der Waals surface area contributed by atoms with E-state index in [1.807, 2.05) is 13.8 Å². The van der Waals surface area contributed by atoms with Gasteiger partial charge in [-0.3, -0.25) is 4.79 Å². The molecule has 7 heteroatoms. The third-order valence-electron chi connectivity index (χ3n) is 4.69. The summed E-state index contributed by atoms with van der Waals surface area (Å²) in [5.41, 5.74) is 0.664. The van der Waals surface area contributed by atoms with E-state index in [4.69, 9.17) is 13.9 Å². The Hall–Kier alpha value is -2.54. The number of carbonyl (C=O) groups excluding carboxylic acids is 1. The van der Waals surface area contributed by atoms with E-state index in [-0.39, 0.29) is 41.6 Å². The maximum Gasteiger partial charge on any atom is 0.340 e. The van der Waals surface area contributed by atoms with Crippen molar-refractivity contribution in [1.82, 2.24) is 4.90 Å². The molecule has 0 saturated carbocycles. The normalized spacial score (nSPS) is 20.4. The van der Waals surface area contributed by atoms with Crippen LogP contribution in [0.4, 0.5) is 0 Å². The van der Waals surface area contributed by atoms with Crippen LogP contribution >= 0.6 is 0 Å². The molecule has 1 saturated heterocycles. The Bertz CT molecular complexity index is 893. The number of morpholine rings is 1. The minimum Gasteiger partial charge on any atom is -0.504 e. The molecule has 0 bridgehead atoms. The van der Waals surface area contributed by atoms with Crippen molar-refractivity contribution < 1.29 is 23.8 Å². The lowest BCUT2D eigenvalue weighted by Gasteiger charge is -2.35. The molecular weight excluding hydrogens is 338 g/mol. The van der Waals surface area contributed by atoms with E-state index < -0.39 is 5.63 Å². The first kappa shape index (κ1) is 18.3. The summed E-state index contributed by atoms with van der Waals surface area (Å²) in [4.78, 5) is 26.8. The smallest absolute Gasteiger partial charge is 0.340 e. The van der Waals surface area contributed by atoms with E-state index in [2.05, 4.69) is 0 Å². The molecule has 2 aromatic rings. The van der Waals surface area contributed by atoms with Gasteiger partial charge in [0.15, 0.2) is 11.5 Å². The highest BCUT2D eigenvalue weighted by Gasteiger charge is 2.27. The van der Waals surface area contributed by atoms with Crippen LogP contribution in [0.15, 0.2) is 21.3 Å². The van der Waals surface area contributed by atoms with Crippen molar-refractivity contribution in [2.45, 2.75) is 39.4 Å². The van der Waals surface area contributed by atoms with Gasteiger partial charge in [-0.25, -0.2) is 4.79 Å². The van der Waals surface area contributed by atoms with Crippen LogP contribution in [0.1, 0.15) is 25.0 Å². The molecule has 3 rings (SSSR count). The number of rotatable bonds is 3. The zero-order valence-electron chi connectivity index (χ0n) is 15.4. The molecule has 1 N–H and O–H groups in total. The monoisotopic (exact) mass is 361 g/mol. The van der Waals surface area contributed by atoms with Crippen molar-refractivity contribution >= 4 is 16.9 Å². The van der Waals surface area contributed by atoms with Gasteiger partial charge in [-0.1, -0.05) is 0 Å². The standard InChI is InChI=1S/C19H23NO6/c1-10-8-20(9-11(2)25-10)18(22)6-14-12(3)13-5-17(24-4)15(21)7-16(13)26-19(14)23/h5,7,10-11,21H,6,8-9H2,1-4H3/t10-,11+. The van der Waals surface area contributed by atoms with Gasteiger partial charge in [0.25, 0.3) is 0 Å². The van der Waals surface area contributed by atoms with Crippen LogP contribution in [0.3, 0.4) is 0 Å². The summed E-state index contributed by atoms with van der Waals surface area (Å²) in [5.74, 6) is 0.0396. The Morgan fingerprint density at radius 2 is 1.96 bits per heavy atom. The molecule has 1 aromatic carbocycles. The second-order valence-electron chi connectivity index (χ2n) is 6.75. The van der Waals surface area contributed by atoms with Crippen LogP contribution in [0, 0.1) is 6.92 Å². The van der Waals surface area contributed by atoms with Crippen LogP contribution in [-0.2, 0) is 16.0 Å². The van der Waals surface area contributed by atoms with Crippen LogP contribution in [-0.4, -0.2) is 48.3 Å². The lowest BCUT2D eigenvalue weighted by Crippen LogP contribution is -2.49. The maximum absolute atomic E-state index is 12.7. The van der Waals surface area contributed by atoms with Gasteiger partial charge in [0.2, 0.25) is 5.91 Å². The summed E-state index contributed by atoms with van der Waals surface area (Å²) in [6.07, 6.45) is -0.111. The Kier molecular flexibility index (Phi) is 4.91. The fraction of sp³-hybridized carbons (Fsp3) is 0.474. The van der Waals surface area contributed by atoms with Crippen molar-refractivity contribution in [3.8, 4) is 11.5 Å². The molecule has 1 amide bonds. The SMILES string of the molecule is COc1cc2c(C)c(CC(=O)N3C[C@@H](C)O[C@@H](C)C3)c(=O)oc2cc1O. The third kappa shape index (κ3) is 3.39. The Morgan fingerprint density at radius 3 is 2.58 bits per heavy atom. The number of methoxy groups -OCH3 is 1. The Morgan fingerprint density at radius 1 is 1.31 bits per heavy atom. The van der Waals surface area contributed by atoms with Gasteiger partial charge in [-0.05, 0) is 32.4 Å². The maximum atomic E-state index is 12.7. The molecule has 0 unspecified atom stereocenters. The minimum absolute atomic E-state index is 0.0350. The number of benzene rings is 1. The number of fused-ring (bicyclic) bond motifs is 1. The molecule has 1 aliphatic heterocycles. The molecule has 0 aliphatic carbocycles. The first-order valence-electron chi connectivity index (χ1n) is 8.56. The highest BCUT2D eigenvalue weighted by atomic mass is 16.5. The molecule has 140 valence electrons. The number of aryl methyl sites for hydroxylation is 1. The average molecular weight is 361 g/mol. The van der Waals surface area contributed by atoms with Crippen molar-refractivity contribution in [1.29, 1.82) is 0 Å². The molecule has 26 heavy (non-hydrogen) atoms. The highest BCUT2D eigenvalue weighted by molar-refractivity contribution is 5.86. The number of hydrogen-bond donors (Lipinski definition) is 1. The van der Waals surface area contributed by atoms with E-state index in [0.29, 0.717) is 29.6 Å². The van der Waals surface area contributed by atoms with E-state index in [0.717, 1.165) is 0 Å². The molecule has 0 radical (unpaired) electrons. The summed E-state index contributed by atoms with van der Waals surface area (Å²) >= 11 is 0. The second-order valence-corrected chi connectivity index (χ2v) is 6.75. The lowest BCUT2D eigenvalue weighted by molar-refractivity contribution is -0.142. The summed E-state index contributed by atoms with van der Waals surface area (Å²) in [6, 6.07) is 2.95. The molecule has 1 fully saturated rings. The number of phenolic OH excluding ortho intramolecular Hbond substituents is 1. The zero-order chi connectivity index (χ0) is 19.0. The lowest BCUT2D eigenvalue weighted by atomic mass is 10.0. The molecule has 7 nitrogen and oxygen atoms in total. The van der Waals surface area contributed by atoms with Crippen LogP contribution in [0.5, 0.6) is 11.5 Å². The van der Waals surface area contributed by atoms with Gasteiger partial charge in [0, 0.05) is 24.5 Å². The van der Waals surface area contributed by atoms with Crippen LogP contribution < -0.4 is 10.4 Å². The minimum atomic E-state index is -0.567.